The lowest BCUT2D eigenvalue weighted by Crippen LogP contribution is -2.14. The largest absolute Gasteiger partial charge is 0.418 e. The molecule has 0 aliphatic carbocycles. The summed E-state index contributed by atoms with van der Waals surface area (Å²) >= 11 is 5.67. The molecular formula is C15H16ClF3N4. The summed E-state index contributed by atoms with van der Waals surface area (Å²) in [6, 6.07) is 5.22. The molecule has 2 aromatic rings. The van der Waals surface area contributed by atoms with Crippen molar-refractivity contribution >= 4 is 29.1 Å². The Hall–Kier alpha value is -2.02. The predicted molar refractivity (Wildman–Crippen MR) is 85.3 cm³/mol. The molecule has 0 atom stereocenters. The highest BCUT2D eigenvalue weighted by molar-refractivity contribution is 6.30. The van der Waals surface area contributed by atoms with Crippen molar-refractivity contribution in [2.75, 3.05) is 10.6 Å². The highest BCUT2D eigenvalue weighted by Crippen LogP contribution is 2.37. The van der Waals surface area contributed by atoms with E-state index in [-0.39, 0.29) is 22.6 Å². The third kappa shape index (κ3) is 4.72. The van der Waals surface area contributed by atoms with Gasteiger partial charge in [0.1, 0.15) is 5.82 Å². The first-order valence-corrected chi connectivity index (χ1v) is 7.29. The monoisotopic (exact) mass is 344 g/mol. The summed E-state index contributed by atoms with van der Waals surface area (Å²) in [4.78, 5) is 8.38. The van der Waals surface area contributed by atoms with Gasteiger partial charge in [0.15, 0.2) is 0 Å². The second-order valence-electron chi connectivity index (χ2n) is 5.33. The number of hydrogen-bond donors (Lipinski definition) is 2. The average Bonchev–Trinajstić information content (AvgIpc) is 2.38. The summed E-state index contributed by atoms with van der Waals surface area (Å²) in [5, 5.41) is 5.73. The minimum absolute atomic E-state index is 0.0175. The van der Waals surface area contributed by atoms with E-state index in [1.165, 1.54) is 12.1 Å². The summed E-state index contributed by atoms with van der Waals surface area (Å²) in [5.74, 6) is 0.624. The van der Waals surface area contributed by atoms with Crippen LogP contribution in [0.25, 0.3) is 0 Å². The van der Waals surface area contributed by atoms with Crippen LogP contribution >= 0.6 is 11.6 Å². The number of anilines is 3. The van der Waals surface area contributed by atoms with Crippen LogP contribution in [0.2, 0.25) is 5.02 Å². The van der Waals surface area contributed by atoms with E-state index in [2.05, 4.69) is 20.6 Å². The van der Waals surface area contributed by atoms with Gasteiger partial charge in [0.2, 0.25) is 5.95 Å². The van der Waals surface area contributed by atoms with Crippen LogP contribution in [0.1, 0.15) is 25.1 Å². The standard InChI is InChI=1S/C15H16ClF3N4/c1-8(2)20-14-21-9(3)6-13(23-14)22-12-5-4-10(16)7-11(12)15(17,18)19/h4-8H,1-3H3,(H2,20,21,22,23). The minimum Gasteiger partial charge on any atom is -0.352 e. The zero-order valence-corrected chi connectivity index (χ0v) is 13.5. The van der Waals surface area contributed by atoms with E-state index in [0.29, 0.717) is 11.6 Å². The Morgan fingerprint density at radius 1 is 1.13 bits per heavy atom. The zero-order chi connectivity index (χ0) is 17.2. The molecule has 0 aliphatic rings. The first-order valence-electron chi connectivity index (χ1n) is 6.91. The fraction of sp³-hybridized carbons (Fsp3) is 0.333. The van der Waals surface area contributed by atoms with Gasteiger partial charge in [-0.25, -0.2) is 4.98 Å². The number of alkyl halides is 3. The van der Waals surface area contributed by atoms with Gasteiger partial charge in [-0.3, -0.25) is 0 Å². The van der Waals surface area contributed by atoms with E-state index >= 15 is 0 Å². The van der Waals surface area contributed by atoms with Crippen LogP contribution < -0.4 is 10.6 Å². The Bertz CT molecular complexity index is 702. The zero-order valence-electron chi connectivity index (χ0n) is 12.8. The molecular weight excluding hydrogens is 329 g/mol. The number of nitrogens with zero attached hydrogens (tertiary/aromatic N) is 2. The number of halogens is 4. The van der Waals surface area contributed by atoms with Crippen molar-refractivity contribution in [3.05, 3.63) is 40.5 Å². The van der Waals surface area contributed by atoms with E-state index < -0.39 is 11.7 Å². The van der Waals surface area contributed by atoms with Crippen LogP contribution in [0.4, 0.5) is 30.6 Å². The van der Waals surface area contributed by atoms with Crippen molar-refractivity contribution in [2.45, 2.75) is 33.0 Å². The molecule has 0 radical (unpaired) electrons. The maximum atomic E-state index is 13.1. The lowest BCUT2D eigenvalue weighted by molar-refractivity contribution is -0.136. The Morgan fingerprint density at radius 3 is 2.43 bits per heavy atom. The molecule has 0 aliphatic heterocycles. The SMILES string of the molecule is Cc1cc(Nc2ccc(Cl)cc2C(F)(F)F)nc(NC(C)C)n1. The third-order valence-corrected chi connectivity index (χ3v) is 3.06. The molecule has 0 amide bonds. The topological polar surface area (TPSA) is 49.8 Å². The van der Waals surface area contributed by atoms with E-state index in [1.54, 1.807) is 13.0 Å². The van der Waals surface area contributed by atoms with Gasteiger partial charge in [-0.1, -0.05) is 11.6 Å². The van der Waals surface area contributed by atoms with E-state index in [4.69, 9.17) is 11.6 Å². The number of rotatable bonds is 4. The lowest BCUT2D eigenvalue weighted by atomic mass is 10.1. The Kier molecular flexibility index (Phi) is 4.99. The summed E-state index contributed by atoms with van der Waals surface area (Å²) in [5.41, 5.74) is -0.330. The van der Waals surface area contributed by atoms with Gasteiger partial charge in [0.05, 0.1) is 11.3 Å². The number of benzene rings is 1. The average molecular weight is 345 g/mol. The van der Waals surface area contributed by atoms with Gasteiger partial charge in [-0.15, -0.1) is 0 Å². The normalized spacial score (nSPS) is 11.7. The summed E-state index contributed by atoms with van der Waals surface area (Å²) in [7, 11) is 0. The van der Waals surface area contributed by atoms with Crippen LogP contribution in [0.5, 0.6) is 0 Å². The lowest BCUT2D eigenvalue weighted by Gasteiger charge is -2.16. The summed E-state index contributed by atoms with van der Waals surface area (Å²) in [6.07, 6.45) is -4.52. The molecule has 1 aromatic carbocycles. The highest BCUT2D eigenvalue weighted by atomic mass is 35.5. The molecule has 0 spiro atoms. The molecule has 0 saturated carbocycles. The maximum absolute atomic E-state index is 13.1. The van der Waals surface area contributed by atoms with Crippen molar-refractivity contribution in [1.82, 2.24) is 9.97 Å². The van der Waals surface area contributed by atoms with Crippen LogP contribution in [0.3, 0.4) is 0 Å². The molecule has 2 rings (SSSR count). The van der Waals surface area contributed by atoms with Crippen molar-refractivity contribution in [2.24, 2.45) is 0 Å². The van der Waals surface area contributed by atoms with Crippen molar-refractivity contribution in [3.8, 4) is 0 Å². The summed E-state index contributed by atoms with van der Waals surface area (Å²) < 4.78 is 39.4. The first kappa shape index (κ1) is 17.3. The number of hydrogen-bond acceptors (Lipinski definition) is 4. The number of aryl methyl sites for hydroxylation is 1. The molecule has 0 fully saturated rings. The molecule has 124 valence electrons. The van der Waals surface area contributed by atoms with E-state index in [0.717, 1.165) is 6.07 Å². The second-order valence-corrected chi connectivity index (χ2v) is 5.77. The van der Waals surface area contributed by atoms with E-state index in [9.17, 15) is 13.2 Å². The Labute approximate surface area is 137 Å². The van der Waals surface area contributed by atoms with Gasteiger partial charge in [0.25, 0.3) is 0 Å². The molecule has 8 heteroatoms. The number of aromatic nitrogens is 2. The second kappa shape index (κ2) is 6.62. The summed E-state index contributed by atoms with van der Waals surface area (Å²) in [6.45, 7) is 5.57. The van der Waals surface area contributed by atoms with Gasteiger partial charge < -0.3 is 10.6 Å². The van der Waals surface area contributed by atoms with Gasteiger partial charge in [-0.05, 0) is 39.0 Å². The first-order chi connectivity index (χ1) is 10.6. The molecule has 4 nitrogen and oxygen atoms in total. The molecule has 23 heavy (non-hydrogen) atoms. The Morgan fingerprint density at radius 2 is 1.83 bits per heavy atom. The van der Waals surface area contributed by atoms with Crippen LogP contribution in [0, 0.1) is 6.92 Å². The third-order valence-electron chi connectivity index (χ3n) is 2.82. The van der Waals surface area contributed by atoms with Crippen molar-refractivity contribution in [3.63, 3.8) is 0 Å². The van der Waals surface area contributed by atoms with Crippen LogP contribution in [-0.2, 0) is 6.18 Å². The quantitative estimate of drug-likeness (QED) is 0.817. The molecule has 0 saturated heterocycles. The minimum atomic E-state index is -4.52. The molecule has 0 unspecified atom stereocenters. The molecule has 0 bridgehead atoms. The fourth-order valence-corrected chi connectivity index (χ4v) is 2.13. The Balaban J connectivity index is 2.38. The van der Waals surface area contributed by atoms with Crippen molar-refractivity contribution < 1.29 is 13.2 Å². The van der Waals surface area contributed by atoms with Crippen LogP contribution in [0.15, 0.2) is 24.3 Å². The maximum Gasteiger partial charge on any atom is 0.418 e. The highest BCUT2D eigenvalue weighted by Gasteiger charge is 2.34. The van der Waals surface area contributed by atoms with Crippen LogP contribution in [-0.4, -0.2) is 16.0 Å². The smallest absolute Gasteiger partial charge is 0.352 e. The van der Waals surface area contributed by atoms with Gasteiger partial charge in [-0.2, -0.15) is 18.2 Å². The van der Waals surface area contributed by atoms with Gasteiger partial charge >= 0.3 is 6.18 Å². The number of nitrogens with one attached hydrogen (secondary N) is 2. The molecule has 1 aromatic heterocycles. The fourth-order valence-electron chi connectivity index (χ4n) is 1.95. The van der Waals surface area contributed by atoms with Gasteiger partial charge in [0, 0.05) is 22.8 Å². The predicted octanol–water partition coefficient (Wildman–Crippen LogP) is 5.02. The molecule has 1 heterocycles. The van der Waals surface area contributed by atoms with Crippen molar-refractivity contribution in [1.29, 1.82) is 0 Å². The molecule has 2 N–H and O–H groups in total. The van der Waals surface area contributed by atoms with E-state index in [1.807, 2.05) is 13.8 Å².